The highest BCUT2D eigenvalue weighted by atomic mass is 35.5. The fourth-order valence-electron chi connectivity index (χ4n) is 1.92. The number of benzene rings is 1. The van der Waals surface area contributed by atoms with E-state index >= 15 is 0 Å². The van der Waals surface area contributed by atoms with Crippen molar-refractivity contribution >= 4 is 17.4 Å². The molecule has 0 bridgehead atoms. The summed E-state index contributed by atoms with van der Waals surface area (Å²) in [5.41, 5.74) is 0.704. The van der Waals surface area contributed by atoms with Gasteiger partial charge in [0.2, 0.25) is 0 Å². The SMILES string of the molecule is O=C(C1=CCCCC1)c1c(F)cccc1Cl. The molecule has 0 spiro atoms. The van der Waals surface area contributed by atoms with E-state index in [0.29, 0.717) is 5.57 Å². The normalized spacial score (nSPS) is 15.8. The van der Waals surface area contributed by atoms with Crippen LogP contribution in [0.15, 0.2) is 29.8 Å². The molecule has 0 radical (unpaired) electrons. The second kappa shape index (κ2) is 4.79. The lowest BCUT2D eigenvalue weighted by molar-refractivity contribution is 0.102. The highest BCUT2D eigenvalue weighted by Gasteiger charge is 2.20. The Balaban J connectivity index is 2.37. The molecule has 1 aromatic carbocycles. The second-order valence-corrected chi connectivity index (χ2v) is 4.31. The van der Waals surface area contributed by atoms with Gasteiger partial charge in [0.15, 0.2) is 5.78 Å². The number of carbonyl (C=O) groups excluding carboxylic acids is 1. The molecule has 1 aliphatic carbocycles. The third kappa shape index (κ3) is 2.17. The van der Waals surface area contributed by atoms with Crippen molar-refractivity contribution in [3.63, 3.8) is 0 Å². The lowest BCUT2D eigenvalue weighted by atomic mass is 9.93. The molecular weight excluding hydrogens is 227 g/mol. The molecule has 3 heteroatoms. The summed E-state index contributed by atoms with van der Waals surface area (Å²) in [5, 5.41) is 0.191. The number of hydrogen-bond donors (Lipinski definition) is 0. The molecule has 0 unspecified atom stereocenters. The van der Waals surface area contributed by atoms with Gasteiger partial charge in [-0.05, 0) is 43.4 Å². The highest BCUT2D eigenvalue weighted by molar-refractivity contribution is 6.35. The lowest BCUT2D eigenvalue weighted by Gasteiger charge is -2.12. The Kier molecular flexibility index (Phi) is 3.39. The van der Waals surface area contributed by atoms with E-state index in [0.717, 1.165) is 25.7 Å². The summed E-state index contributed by atoms with van der Waals surface area (Å²) in [6, 6.07) is 4.31. The van der Waals surface area contributed by atoms with Crippen molar-refractivity contribution < 1.29 is 9.18 Å². The molecule has 2 rings (SSSR count). The van der Waals surface area contributed by atoms with Gasteiger partial charge in [-0.1, -0.05) is 23.7 Å². The zero-order valence-electron chi connectivity index (χ0n) is 8.80. The lowest BCUT2D eigenvalue weighted by Crippen LogP contribution is -2.09. The van der Waals surface area contributed by atoms with Crippen molar-refractivity contribution in [1.82, 2.24) is 0 Å². The fraction of sp³-hybridized carbons (Fsp3) is 0.308. The predicted molar refractivity (Wildman–Crippen MR) is 62.3 cm³/mol. The van der Waals surface area contributed by atoms with E-state index in [9.17, 15) is 9.18 Å². The average Bonchev–Trinajstić information content (AvgIpc) is 2.30. The molecule has 0 heterocycles. The van der Waals surface area contributed by atoms with E-state index in [-0.39, 0.29) is 16.4 Å². The minimum atomic E-state index is -0.538. The molecule has 0 N–H and O–H groups in total. The van der Waals surface area contributed by atoms with E-state index in [1.807, 2.05) is 6.08 Å². The van der Waals surface area contributed by atoms with Crippen LogP contribution >= 0.6 is 11.6 Å². The average molecular weight is 239 g/mol. The monoisotopic (exact) mass is 238 g/mol. The quantitative estimate of drug-likeness (QED) is 0.707. The molecule has 0 fully saturated rings. The summed E-state index contributed by atoms with van der Waals surface area (Å²) in [6.07, 6.45) is 5.61. The molecule has 0 saturated heterocycles. The third-order valence-electron chi connectivity index (χ3n) is 2.77. The first-order valence-corrected chi connectivity index (χ1v) is 5.75. The Hall–Kier alpha value is -1.15. The maximum Gasteiger partial charge on any atom is 0.193 e. The Morgan fingerprint density at radius 1 is 1.31 bits per heavy atom. The third-order valence-corrected chi connectivity index (χ3v) is 3.09. The molecule has 0 saturated carbocycles. The van der Waals surface area contributed by atoms with Gasteiger partial charge in [-0.25, -0.2) is 4.39 Å². The first-order chi connectivity index (χ1) is 7.70. The highest BCUT2D eigenvalue weighted by Crippen LogP contribution is 2.26. The largest absolute Gasteiger partial charge is 0.289 e. The summed E-state index contributed by atoms with van der Waals surface area (Å²) < 4.78 is 13.5. The number of allylic oxidation sites excluding steroid dienone is 2. The maximum atomic E-state index is 13.5. The summed E-state index contributed by atoms with van der Waals surface area (Å²) in [4.78, 5) is 12.0. The smallest absolute Gasteiger partial charge is 0.193 e. The van der Waals surface area contributed by atoms with Gasteiger partial charge >= 0.3 is 0 Å². The molecular formula is C13H12ClFO. The molecule has 0 aromatic heterocycles. The second-order valence-electron chi connectivity index (χ2n) is 3.90. The Morgan fingerprint density at radius 3 is 2.75 bits per heavy atom. The number of Topliss-reactive ketones (excluding diaryl/α,β-unsaturated/α-hetero) is 1. The van der Waals surface area contributed by atoms with Gasteiger partial charge in [-0.15, -0.1) is 0 Å². The first kappa shape index (κ1) is 11.3. The van der Waals surface area contributed by atoms with E-state index in [1.165, 1.54) is 12.1 Å². The van der Waals surface area contributed by atoms with Crippen molar-refractivity contribution in [1.29, 1.82) is 0 Å². The van der Waals surface area contributed by atoms with E-state index in [4.69, 9.17) is 11.6 Å². The van der Waals surface area contributed by atoms with Crippen LogP contribution in [-0.4, -0.2) is 5.78 Å². The van der Waals surface area contributed by atoms with Gasteiger partial charge in [0.05, 0.1) is 10.6 Å². The standard InChI is InChI=1S/C13H12ClFO/c14-10-7-4-8-11(15)12(10)13(16)9-5-2-1-3-6-9/h4-5,7-8H,1-3,6H2. The van der Waals surface area contributed by atoms with Crippen molar-refractivity contribution in [3.8, 4) is 0 Å². The molecule has 1 nitrogen and oxygen atoms in total. The summed E-state index contributed by atoms with van der Waals surface area (Å²) in [7, 11) is 0. The van der Waals surface area contributed by atoms with Crippen LogP contribution in [0.5, 0.6) is 0 Å². The van der Waals surface area contributed by atoms with Crippen LogP contribution in [0.1, 0.15) is 36.0 Å². The maximum absolute atomic E-state index is 13.5. The Morgan fingerprint density at radius 2 is 2.12 bits per heavy atom. The predicted octanol–water partition coefficient (Wildman–Crippen LogP) is 4.16. The van der Waals surface area contributed by atoms with E-state index < -0.39 is 5.82 Å². The Bertz CT molecular complexity index is 431. The minimum Gasteiger partial charge on any atom is -0.289 e. The van der Waals surface area contributed by atoms with Gasteiger partial charge < -0.3 is 0 Å². The van der Waals surface area contributed by atoms with Gasteiger partial charge in [0.25, 0.3) is 0 Å². The van der Waals surface area contributed by atoms with Crippen molar-refractivity contribution in [3.05, 3.63) is 46.3 Å². The number of hydrogen-bond acceptors (Lipinski definition) is 1. The van der Waals surface area contributed by atoms with Crippen molar-refractivity contribution in [2.75, 3.05) is 0 Å². The van der Waals surface area contributed by atoms with Crippen molar-refractivity contribution in [2.24, 2.45) is 0 Å². The number of carbonyl (C=O) groups is 1. The topological polar surface area (TPSA) is 17.1 Å². The van der Waals surface area contributed by atoms with E-state index in [1.54, 1.807) is 6.07 Å². The number of ketones is 1. The van der Waals surface area contributed by atoms with Crippen LogP contribution in [0.25, 0.3) is 0 Å². The van der Waals surface area contributed by atoms with Gasteiger partial charge in [0.1, 0.15) is 5.82 Å². The zero-order valence-corrected chi connectivity index (χ0v) is 9.56. The summed E-state index contributed by atoms with van der Waals surface area (Å²) in [5.74, 6) is -0.799. The van der Waals surface area contributed by atoms with Gasteiger partial charge in [-0.2, -0.15) is 0 Å². The van der Waals surface area contributed by atoms with Crippen LogP contribution in [0.2, 0.25) is 5.02 Å². The molecule has 16 heavy (non-hydrogen) atoms. The number of rotatable bonds is 2. The molecule has 0 amide bonds. The molecule has 84 valence electrons. The Labute approximate surface area is 98.9 Å². The summed E-state index contributed by atoms with van der Waals surface area (Å²) >= 11 is 5.86. The van der Waals surface area contributed by atoms with Crippen LogP contribution in [0, 0.1) is 5.82 Å². The number of halogens is 2. The summed E-state index contributed by atoms with van der Waals surface area (Å²) in [6.45, 7) is 0. The van der Waals surface area contributed by atoms with Crippen LogP contribution in [0.4, 0.5) is 4.39 Å². The molecule has 0 atom stereocenters. The van der Waals surface area contributed by atoms with Crippen LogP contribution in [-0.2, 0) is 0 Å². The van der Waals surface area contributed by atoms with Crippen molar-refractivity contribution in [2.45, 2.75) is 25.7 Å². The van der Waals surface area contributed by atoms with Crippen LogP contribution < -0.4 is 0 Å². The zero-order chi connectivity index (χ0) is 11.5. The fourth-order valence-corrected chi connectivity index (χ4v) is 2.17. The first-order valence-electron chi connectivity index (χ1n) is 5.38. The molecule has 1 aliphatic rings. The minimum absolute atomic E-state index is 0.0114. The van der Waals surface area contributed by atoms with E-state index in [2.05, 4.69) is 0 Å². The van der Waals surface area contributed by atoms with Gasteiger partial charge in [-0.3, -0.25) is 4.79 Å². The molecule has 0 aliphatic heterocycles. The van der Waals surface area contributed by atoms with Crippen LogP contribution in [0.3, 0.4) is 0 Å². The molecule has 1 aromatic rings. The van der Waals surface area contributed by atoms with Gasteiger partial charge in [0, 0.05) is 0 Å².